The van der Waals surface area contributed by atoms with Crippen molar-refractivity contribution < 1.29 is 9.53 Å². The molecule has 0 saturated heterocycles. The number of amides is 1. The summed E-state index contributed by atoms with van der Waals surface area (Å²) in [7, 11) is 4.99. The fourth-order valence-electron chi connectivity index (χ4n) is 1.55. The van der Waals surface area contributed by atoms with Gasteiger partial charge in [-0.3, -0.25) is 0 Å². The Labute approximate surface area is 132 Å². The van der Waals surface area contributed by atoms with Crippen molar-refractivity contribution >= 4 is 27.7 Å². The van der Waals surface area contributed by atoms with Crippen LogP contribution in [0.2, 0.25) is 0 Å². The number of hydrogen-bond donors (Lipinski definition) is 1. The van der Waals surface area contributed by atoms with Gasteiger partial charge in [-0.05, 0) is 36.8 Å². The third kappa shape index (κ3) is 5.36. The zero-order chi connectivity index (χ0) is 15.1. The Morgan fingerprint density at radius 1 is 1.00 bits per heavy atom. The summed E-state index contributed by atoms with van der Waals surface area (Å²) < 4.78 is 5.00. The number of nitrogens with one attached hydrogen (secondary N) is 1. The SMILES string of the molecule is CNC(=O)OCc1ccc(SSc2ccc(C)cc2)cc1. The summed E-state index contributed by atoms with van der Waals surface area (Å²) in [5, 5.41) is 2.42. The van der Waals surface area contributed by atoms with E-state index in [9.17, 15) is 4.79 Å². The Kier molecular flexibility index (Phi) is 6.02. The highest BCUT2D eigenvalue weighted by molar-refractivity contribution is 8.76. The van der Waals surface area contributed by atoms with Crippen LogP contribution in [0.5, 0.6) is 0 Å². The van der Waals surface area contributed by atoms with Crippen molar-refractivity contribution in [2.75, 3.05) is 7.05 Å². The molecule has 0 fully saturated rings. The molecule has 1 amide bonds. The Morgan fingerprint density at radius 3 is 2.05 bits per heavy atom. The molecule has 0 heterocycles. The molecular formula is C16H17NO2S2. The van der Waals surface area contributed by atoms with Gasteiger partial charge < -0.3 is 10.1 Å². The summed E-state index contributed by atoms with van der Waals surface area (Å²) >= 11 is 0. The molecule has 2 aromatic carbocycles. The molecule has 1 N–H and O–H groups in total. The largest absolute Gasteiger partial charge is 0.445 e. The first-order valence-corrected chi connectivity index (χ1v) is 8.67. The van der Waals surface area contributed by atoms with Gasteiger partial charge in [-0.15, -0.1) is 0 Å². The topological polar surface area (TPSA) is 38.3 Å². The molecule has 0 spiro atoms. The minimum Gasteiger partial charge on any atom is -0.445 e. The molecule has 0 saturated carbocycles. The molecule has 2 rings (SSSR count). The van der Waals surface area contributed by atoms with E-state index in [1.807, 2.05) is 24.3 Å². The second-order valence-electron chi connectivity index (χ2n) is 4.45. The van der Waals surface area contributed by atoms with E-state index in [1.165, 1.54) is 15.4 Å². The maximum absolute atomic E-state index is 11.0. The number of benzene rings is 2. The molecule has 0 bridgehead atoms. The van der Waals surface area contributed by atoms with Gasteiger partial charge in [-0.25, -0.2) is 4.79 Å². The highest BCUT2D eigenvalue weighted by Gasteiger charge is 2.01. The molecule has 0 unspecified atom stereocenters. The van der Waals surface area contributed by atoms with Crippen LogP contribution in [0.3, 0.4) is 0 Å². The molecule has 110 valence electrons. The molecule has 0 radical (unpaired) electrons. The average Bonchev–Trinajstić information content (AvgIpc) is 2.53. The van der Waals surface area contributed by atoms with Gasteiger partial charge >= 0.3 is 6.09 Å². The molecule has 0 aromatic heterocycles. The van der Waals surface area contributed by atoms with Crippen LogP contribution in [0.15, 0.2) is 58.3 Å². The fourth-order valence-corrected chi connectivity index (χ4v) is 3.48. The van der Waals surface area contributed by atoms with Gasteiger partial charge in [-0.2, -0.15) is 0 Å². The first-order chi connectivity index (χ1) is 10.2. The normalized spacial score (nSPS) is 10.2. The van der Waals surface area contributed by atoms with Gasteiger partial charge in [0.1, 0.15) is 6.61 Å². The lowest BCUT2D eigenvalue weighted by Gasteiger charge is -2.05. The molecule has 2 aromatic rings. The molecule has 21 heavy (non-hydrogen) atoms. The lowest BCUT2D eigenvalue weighted by Crippen LogP contribution is -2.18. The number of ether oxygens (including phenoxy) is 1. The predicted molar refractivity (Wildman–Crippen MR) is 88.6 cm³/mol. The maximum Gasteiger partial charge on any atom is 0.407 e. The zero-order valence-corrected chi connectivity index (χ0v) is 13.6. The molecular weight excluding hydrogens is 302 g/mol. The monoisotopic (exact) mass is 319 g/mol. The number of rotatable bonds is 5. The quantitative estimate of drug-likeness (QED) is 0.814. The number of alkyl carbamates (subject to hydrolysis) is 1. The maximum atomic E-state index is 11.0. The highest BCUT2D eigenvalue weighted by Crippen LogP contribution is 2.37. The Morgan fingerprint density at radius 2 is 1.52 bits per heavy atom. The van der Waals surface area contributed by atoms with Crippen LogP contribution in [0.25, 0.3) is 0 Å². The summed E-state index contributed by atoms with van der Waals surface area (Å²) in [4.78, 5) is 13.4. The summed E-state index contributed by atoms with van der Waals surface area (Å²) in [6, 6.07) is 16.5. The van der Waals surface area contributed by atoms with Crippen molar-refractivity contribution in [1.82, 2.24) is 5.32 Å². The van der Waals surface area contributed by atoms with Crippen molar-refractivity contribution in [2.45, 2.75) is 23.3 Å². The number of hydrogen-bond acceptors (Lipinski definition) is 4. The van der Waals surface area contributed by atoms with E-state index < -0.39 is 6.09 Å². The Hall–Kier alpha value is -1.59. The Balaban J connectivity index is 1.84. The average molecular weight is 319 g/mol. The smallest absolute Gasteiger partial charge is 0.407 e. The van der Waals surface area contributed by atoms with E-state index in [4.69, 9.17) is 4.74 Å². The van der Waals surface area contributed by atoms with E-state index in [1.54, 1.807) is 28.6 Å². The lowest BCUT2D eigenvalue weighted by atomic mass is 10.2. The zero-order valence-electron chi connectivity index (χ0n) is 12.0. The van der Waals surface area contributed by atoms with E-state index in [2.05, 4.69) is 36.5 Å². The van der Waals surface area contributed by atoms with Gasteiger partial charge in [0.05, 0.1) is 0 Å². The summed E-state index contributed by atoms with van der Waals surface area (Å²) in [6.07, 6.45) is -0.414. The van der Waals surface area contributed by atoms with Crippen molar-refractivity contribution in [3.8, 4) is 0 Å². The molecule has 5 heteroatoms. The number of carbonyl (C=O) groups is 1. The van der Waals surface area contributed by atoms with Gasteiger partial charge in [0, 0.05) is 16.8 Å². The van der Waals surface area contributed by atoms with Crippen LogP contribution in [-0.4, -0.2) is 13.1 Å². The number of carbonyl (C=O) groups excluding carboxylic acids is 1. The molecule has 0 aliphatic rings. The molecule has 3 nitrogen and oxygen atoms in total. The third-order valence-electron chi connectivity index (χ3n) is 2.75. The first-order valence-electron chi connectivity index (χ1n) is 6.52. The fraction of sp³-hybridized carbons (Fsp3) is 0.188. The van der Waals surface area contributed by atoms with E-state index in [0.29, 0.717) is 0 Å². The summed E-state index contributed by atoms with van der Waals surface area (Å²) in [5.41, 5.74) is 2.24. The van der Waals surface area contributed by atoms with E-state index in [0.717, 1.165) is 5.56 Å². The highest BCUT2D eigenvalue weighted by atomic mass is 33.1. The van der Waals surface area contributed by atoms with E-state index in [-0.39, 0.29) is 6.61 Å². The van der Waals surface area contributed by atoms with Crippen molar-refractivity contribution in [3.05, 3.63) is 59.7 Å². The van der Waals surface area contributed by atoms with Crippen molar-refractivity contribution in [3.63, 3.8) is 0 Å². The van der Waals surface area contributed by atoms with E-state index >= 15 is 0 Å². The van der Waals surface area contributed by atoms with Gasteiger partial charge in [0.2, 0.25) is 0 Å². The van der Waals surface area contributed by atoms with Crippen LogP contribution < -0.4 is 5.32 Å². The van der Waals surface area contributed by atoms with Crippen LogP contribution in [-0.2, 0) is 11.3 Å². The van der Waals surface area contributed by atoms with Gasteiger partial charge in [0.25, 0.3) is 0 Å². The number of aryl methyl sites for hydroxylation is 1. The molecule has 0 aliphatic carbocycles. The molecule has 0 aliphatic heterocycles. The summed E-state index contributed by atoms with van der Waals surface area (Å²) in [5.74, 6) is 0. The first kappa shape index (κ1) is 15.8. The van der Waals surface area contributed by atoms with Crippen LogP contribution in [0, 0.1) is 6.92 Å². The minimum atomic E-state index is -0.414. The van der Waals surface area contributed by atoms with Crippen molar-refractivity contribution in [2.24, 2.45) is 0 Å². The Bertz CT molecular complexity index is 582. The van der Waals surface area contributed by atoms with Gasteiger partial charge in [0.15, 0.2) is 0 Å². The second-order valence-corrected chi connectivity index (χ2v) is 6.73. The van der Waals surface area contributed by atoms with Crippen LogP contribution in [0.4, 0.5) is 4.79 Å². The van der Waals surface area contributed by atoms with Gasteiger partial charge in [-0.1, -0.05) is 51.4 Å². The van der Waals surface area contributed by atoms with Crippen molar-refractivity contribution in [1.29, 1.82) is 0 Å². The summed E-state index contributed by atoms with van der Waals surface area (Å²) in [6.45, 7) is 2.37. The van der Waals surface area contributed by atoms with Crippen LogP contribution >= 0.6 is 21.6 Å². The second kappa shape index (κ2) is 8.00. The lowest BCUT2D eigenvalue weighted by molar-refractivity contribution is 0.142. The minimum absolute atomic E-state index is 0.287. The molecule has 0 atom stereocenters. The van der Waals surface area contributed by atoms with Crippen LogP contribution in [0.1, 0.15) is 11.1 Å². The third-order valence-corrected chi connectivity index (χ3v) is 5.17. The predicted octanol–water partition coefficient (Wildman–Crippen LogP) is 4.65. The standard InChI is InChI=1S/C16H17NO2S2/c1-12-3-7-14(8-4-12)20-21-15-9-5-13(6-10-15)11-19-16(18)17-2/h3-10H,11H2,1-2H3,(H,17,18).